The predicted molar refractivity (Wildman–Crippen MR) is 114 cm³/mol. The molecule has 3 aromatic rings. The van der Waals surface area contributed by atoms with E-state index in [0.717, 1.165) is 17.0 Å². The molecule has 1 N–H and O–H groups in total. The molecule has 0 saturated heterocycles. The van der Waals surface area contributed by atoms with Gasteiger partial charge in [-0.05, 0) is 54.4 Å². The second kappa shape index (κ2) is 9.40. The van der Waals surface area contributed by atoms with Gasteiger partial charge in [-0.3, -0.25) is 4.79 Å². The highest BCUT2D eigenvalue weighted by molar-refractivity contribution is 7.98. The summed E-state index contributed by atoms with van der Waals surface area (Å²) in [6, 6.07) is 25.2. The van der Waals surface area contributed by atoms with Gasteiger partial charge in [0.2, 0.25) is 0 Å². The minimum atomic E-state index is -0.231. The number of halogens is 1. The SMILES string of the molecule is C/C(=N/NC(=O)c1ccc(CSc2ccccc2)cc1)c1ccc(Cl)cc1. The molecule has 0 aliphatic carbocycles. The van der Waals surface area contributed by atoms with Crippen molar-refractivity contribution >= 4 is 35.0 Å². The second-order valence-electron chi connectivity index (χ2n) is 5.94. The fourth-order valence-electron chi connectivity index (χ4n) is 2.39. The van der Waals surface area contributed by atoms with Crippen LogP contribution < -0.4 is 5.43 Å². The first-order valence-corrected chi connectivity index (χ1v) is 9.85. The minimum Gasteiger partial charge on any atom is -0.267 e. The fraction of sp³-hybridized carbons (Fsp3) is 0.0909. The van der Waals surface area contributed by atoms with Crippen molar-refractivity contribution in [3.63, 3.8) is 0 Å². The maximum Gasteiger partial charge on any atom is 0.271 e. The van der Waals surface area contributed by atoms with Gasteiger partial charge in [0, 0.05) is 21.2 Å². The molecule has 27 heavy (non-hydrogen) atoms. The lowest BCUT2D eigenvalue weighted by molar-refractivity contribution is 0.0955. The molecule has 0 spiro atoms. The van der Waals surface area contributed by atoms with Crippen LogP contribution in [0.5, 0.6) is 0 Å². The number of carbonyl (C=O) groups is 1. The van der Waals surface area contributed by atoms with Gasteiger partial charge in [0.25, 0.3) is 5.91 Å². The molecule has 5 heteroatoms. The number of hydrogen-bond donors (Lipinski definition) is 1. The summed E-state index contributed by atoms with van der Waals surface area (Å²) >= 11 is 7.65. The van der Waals surface area contributed by atoms with Crippen LogP contribution in [0.1, 0.15) is 28.4 Å². The molecule has 0 atom stereocenters. The van der Waals surface area contributed by atoms with E-state index in [-0.39, 0.29) is 5.91 Å². The standard InChI is InChI=1S/C22H19ClN2OS/c1-16(18-11-13-20(23)14-12-18)24-25-22(26)19-9-7-17(8-10-19)15-27-21-5-3-2-4-6-21/h2-14H,15H2,1H3,(H,25,26)/b24-16-. The Hall–Kier alpha value is -2.56. The smallest absolute Gasteiger partial charge is 0.267 e. The number of hydrazone groups is 1. The number of rotatable bonds is 6. The molecule has 0 radical (unpaired) electrons. The molecule has 3 nitrogen and oxygen atoms in total. The minimum absolute atomic E-state index is 0.231. The number of thioether (sulfide) groups is 1. The van der Waals surface area contributed by atoms with Crippen molar-refractivity contribution in [3.05, 3.63) is 101 Å². The van der Waals surface area contributed by atoms with E-state index in [1.807, 2.05) is 61.5 Å². The zero-order chi connectivity index (χ0) is 19.1. The van der Waals surface area contributed by atoms with Gasteiger partial charge in [0.15, 0.2) is 0 Å². The Morgan fingerprint density at radius 2 is 1.56 bits per heavy atom. The molecule has 1 amide bonds. The van der Waals surface area contributed by atoms with Gasteiger partial charge < -0.3 is 0 Å². The van der Waals surface area contributed by atoms with Crippen LogP contribution in [-0.2, 0) is 5.75 Å². The molecule has 3 aromatic carbocycles. The van der Waals surface area contributed by atoms with E-state index in [1.165, 1.54) is 10.5 Å². The number of nitrogens with one attached hydrogen (secondary N) is 1. The summed E-state index contributed by atoms with van der Waals surface area (Å²) in [7, 11) is 0. The normalized spacial score (nSPS) is 11.3. The highest BCUT2D eigenvalue weighted by atomic mass is 35.5. The zero-order valence-electron chi connectivity index (χ0n) is 14.9. The predicted octanol–water partition coefficient (Wildman–Crippen LogP) is 5.79. The highest BCUT2D eigenvalue weighted by Gasteiger charge is 2.05. The summed E-state index contributed by atoms with van der Waals surface area (Å²) in [4.78, 5) is 13.5. The topological polar surface area (TPSA) is 41.5 Å². The third-order valence-electron chi connectivity index (χ3n) is 3.95. The molecule has 0 saturated carbocycles. The second-order valence-corrected chi connectivity index (χ2v) is 7.43. The lowest BCUT2D eigenvalue weighted by Crippen LogP contribution is -2.19. The first kappa shape index (κ1) is 19.2. The average molecular weight is 395 g/mol. The number of nitrogens with zero attached hydrogens (tertiary/aromatic N) is 1. The number of carbonyl (C=O) groups excluding carboxylic acids is 1. The summed E-state index contributed by atoms with van der Waals surface area (Å²) < 4.78 is 0. The molecule has 3 rings (SSSR count). The van der Waals surface area contributed by atoms with Gasteiger partial charge in [0.1, 0.15) is 0 Å². The maximum atomic E-state index is 12.3. The molecule has 0 aromatic heterocycles. The Bertz CT molecular complexity index is 923. The Kier molecular flexibility index (Phi) is 6.69. The van der Waals surface area contributed by atoms with Crippen molar-refractivity contribution in [2.75, 3.05) is 0 Å². The van der Waals surface area contributed by atoms with Gasteiger partial charge >= 0.3 is 0 Å². The largest absolute Gasteiger partial charge is 0.271 e. The fourth-order valence-corrected chi connectivity index (χ4v) is 3.39. The quantitative estimate of drug-likeness (QED) is 0.327. The Labute approximate surface area is 168 Å². The molecule has 0 aliphatic heterocycles. The van der Waals surface area contributed by atoms with E-state index < -0.39 is 0 Å². The lowest BCUT2D eigenvalue weighted by Gasteiger charge is -2.05. The van der Waals surface area contributed by atoms with Crippen LogP contribution in [0.3, 0.4) is 0 Å². The molecular weight excluding hydrogens is 376 g/mol. The van der Waals surface area contributed by atoms with E-state index in [1.54, 1.807) is 23.9 Å². The Balaban J connectivity index is 1.57. The molecule has 0 aliphatic rings. The van der Waals surface area contributed by atoms with Crippen LogP contribution in [0.15, 0.2) is 88.9 Å². The van der Waals surface area contributed by atoms with Crippen molar-refractivity contribution in [2.45, 2.75) is 17.6 Å². The molecule has 0 bridgehead atoms. The highest BCUT2D eigenvalue weighted by Crippen LogP contribution is 2.22. The first-order valence-electron chi connectivity index (χ1n) is 8.49. The van der Waals surface area contributed by atoms with Crippen molar-refractivity contribution in [2.24, 2.45) is 5.10 Å². The van der Waals surface area contributed by atoms with Gasteiger partial charge in [-0.1, -0.05) is 54.1 Å². The summed E-state index contributed by atoms with van der Waals surface area (Å²) in [6.07, 6.45) is 0. The van der Waals surface area contributed by atoms with Crippen LogP contribution in [-0.4, -0.2) is 11.6 Å². The first-order chi connectivity index (χ1) is 13.1. The molecule has 136 valence electrons. The zero-order valence-corrected chi connectivity index (χ0v) is 16.4. The lowest BCUT2D eigenvalue weighted by atomic mass is 10.1. The maximum absolute atomic E-state index is 12.3. The molecule has 0 fully saturated rings. The number of benzene rings is 3. The van der Waals surface area contributed by atoms with E-state index in [4.69, 9.17) is 11.6 Å². The van der Waals surface area contributed by atoms with Crippen molar-refractivity contribution in [3.8, 4) is 0 Å². The van der Waals surface area contributed by atoms with Gasteiger partial charge in [-0.25, -0.2) is 5.43 Å². The van der Waals surface area contributed by atoms with E-state index in [9.17, 15) is 4.79 Å². The Morgan fingerprint density at radius 1 is 0.926 bits per heavy atom. The third kappa shape index (κ3) is 5.71. The van der Waals surface area contributed by atoms with Crippen molar-refractivity contribution in [1.82, 2.24) is 5.43 Å². The van der Waals surface area contributed by atoms with Crippen LogP contribution in [0.25, 0.3) is 0 Å². The summed E-state index contributed by atoms with van der Waals surface area (Å²) in [5, 5.41) is 4.84. The monoisotopic (exact) mass is 394 g/mol. The summed E-state index contributed by atoms with van der Waals surface area (Å²) in [5.74, 6) is 0.630. The van der Waals surface area contributed by atoms with Crippen LogP contribution >= 0.6 is 23.4 Å². The van der Waals surface area contributed by atoms with Crippen LogP contribution in [0, 0.1) is 0 Å². The molecule has 0 unspecified atom stereocenters. The number of amides is 1. The average Bonchev–Trinajstić information content (AvgIpc) is 2.72. The summed E-state index contributed by atoms with van der Waals surface area (Å²) in [5.41, 5.74) is 5.98. The van der Waals surface area contributed by atoms with E-state index >= 15 is 0 Å². The van der Waals surface area contributed by atoms with Gasteiger partial charge in [-0.2, -0.15) is 5.10 Å². The van der Waals surface area contributed by atoms with E-state index in [0.29, 0.717) is 10.6 Å². The van der Waals surface area contributed by atoms with Gasteiger partial charge in [-0.15, -0.1) is 11.8 Å². The number of hydrogen-bond acceptors (Lipinski definition) is 3. The van der Waals surface area contributed by atoms with E-state index in [2.05, 4.69) is 22.7 Å². The Morgan fingerprint density at radius 3 is 2.22 bits per heavy atom. The van der Waals surface area contributed by atoms with Gasteiger partial charge in [0.05, 0.1) is 5.71 Å². The summed E-state index contributed by atoms with van der Waals surface area (Å²) in [6.45, 7) is 1.84. The molecule has 0 heterocycles. The van der Waals surface area contributed by atoms with Crippen LogP contribution in [0.4, 0.5) is 0 Å². The molecular formula is C22H19ClN2OS. The third-order valence-corrected chi connectivity index (χ3v) is 5.29. The van der Waals surface area contributed by atoms with Crippen molar-refractivity contribution < 1.29 is 4.79 Å². The van der Waals surface area contributed by atoms with Crippen molar-refractivity contribution in [1.29, 1.82) is 0 Å². The van der Waals surface area contributed by atoms with Crippen LogP contribution in [0.2, 0.25) is 5.02 Å².